The summed E-state index contributed by atoms with van der Waals surface area (Å²) < 4.78 is 16.2. The van der Waals surface area contributed by atoms with E-state index in [2.05, 4.69) is 13.5 Å². The summed E-state index contributed by atoms with van der Waals surface area (Å²) in [6.45, 7) is 6.02. The molecule has 0 heterocycles. The molecular formula is C29H42O5. The van der Waals surface area contributed by atoms with Crippen LogP contribution < -0.4 is 4.74 Å². The number of hydrogen-bond donors (Lipinski definition) is 0. The molecule has 0 atom stereocenters. The van der Waals surface area contributed by atoms with Crippen molar-refractivity contribution in [2.75, 3.05) is 13.2 Å². The number of hydrogen-bond acceptors (Lipinski definition) is 5. The topological polar surface area (TPSA) is 61.8 Å². The van der Waals surface area contributed by atoms with Gasteiger partial charge in [-0.1, -0.05) is 52.0 Å². The smallest absolute Gasteiger partial charge is 0.338 e. The molecule has 2 aliphatic rings. The second-order valence-corrected chi connectivity index (χ2v) is 9.96. The van der Waals surface area contributed by atoms with Crippen molar-refractivity contribution >= 4 is 11.9 Å². The number of ether oxygens (including phenoxy) is 3. The van der Waals surface area contributed by atoms with Crippen LogP contribution in [0.4, 0.5) is 0 Å². The van der Waals surface area contributed by atoms with Crippen LogP contribution >= 0.6 is 0 Å². The summed E-state index contributed by atoms with van der Waals surface area (Å²) in [5.41, 5.74) is 0.536. The molecular weight excluding hydrogens is 428 g/mol. The SMILES string of the molecule is C=CC(=O)OCCOc1ccc(C(=O)OC2CCC([C@H]3CC[C@H](CCCCC)CC3)CC2)cc1. The van der Waals surface area contributed by atoms with Gasteiger partial charge in [-0.05, 0) is 80.5 Å². The van der Waals surface area contributed by atoms with E-state index in [4.69, 9.17) is 14.2 Å². The van der Waals surface area contributed by atoms with Crippen molar-refractivity contribution in [2.45, 2.75) is 90.1 Å². The van der Waals surface area contributed by atoms with Crippen molar-refractivity contribution in [3.63, 3.8) is 0 Å². The summed E-state index contributed by atoms with van der Waals surface area (Å²) in [5.74, 6) is 2.54. The lowest BCUT2D eigenvalue weighted by Crippen LogP contribution is -2.29. The molecule has 2 saturated carbocycles. The van der Waals surface area contributed by atoms with Crippen LogP contribution in [-0.2, 0) is 14.3 Å². The first-order chi connectivity index (χ1) is 16.6. The predicted octanol–water partition coefficient (Wildman–Crippen LogP) is 6.90. The maximum absolute atomic E-state index is 12.6. The molecule has 1 aromatic carbocycles. The van der Waals surface area contributed by atoms with E-state index < -0.39 is 5.97 Å². The highest BCUT2D eigenvalue weighted by atomic mass is 16.6. The molecule has 5 nitrogen and oxygen atoms in total. The standard InChI is InChI=1S/C29H42O5/c1-3-5-6-7-22-8-10-23(11-9-22)24-12-18-27(19-13-24)34-29(31)25-14-16-26(17-15-25)32-20-21-33-28(30)4-2/h4,14-17,22-24,27H,2-3,5-13,18-21H2,1H3/t22-,23-,24?,27?. The molecule has 2 aliphatic carbocycles. The average Bonchev–Trinajstić information content (AvgIpc) is 2.88. The van der Waals surface area contributed by atoms with Crippen LogP contribution in [0.5, 0.6) is 5.75 Å². The van der Waals surface area contributed by atoms with Gasteiger partial charge >= 0.3 is 11.9 Å². The Hall–Kier alpha value is -2.30. The van der Waals surface area contributed by atoms with Gasteiger partial charge in [0.05, 0.1) is 5.56 Å². The van der Waals surface area contributed by atoms with Gasteiger partial charge in [0.2, 0.25) is 0 Å². The van der Waals surface area contributed by atoms with Gasteiger partial charge in [0, 0.05) is 6.08 Å². The highest BCUT2D eigenvalue weighted by molar-refractivity contribution is 5.89. The molecule has 0 aromatic heterocycles. The first-order valence-electron chi connectivity index (χ1n) is 13.3. The van der Waals surface area contributed by atoms with Gasteiger partial charge in [0.1, 0.15) is 25.1 Å². The van der Waals surface area contributed by atoms with E-state index >= 15 is 0 Å². The van der Waals surface area contributed by atoms with Crippen molar-refractivity contribution in [3.05, 3.63) is 42.5 Å². The molecule has 2 fully saturated rings. The van der Waals surface area contributed by atoms with Gasteiger partial charge < -0.3 is 14.2 Å². The largest absolute Gasteiger partial charge is 0.490 e. The van der Waals surface area contributed by atoms with E-state index in [1.165, 1.54) is 64.2 Å². The number of benzene rings is 1. The zero-order valence-electron chi connectivity index (χ0n) is 20.8. The van der Waals surface area contributed by atoms with Crippen LogP contribution in [0, 0.1) is 17.8 Å². The van der Waals surface area contributed by atoms with E-state index in [0.29, 0.717) is 11.3 Å². The molecule has 0 N–H and O–H groups in total. The van der Waals surface area contributed by atoms with E-state index in [-0.39, 0.29) is 25.3 Å². The van der Waals surface area contributed by atoms with Gasteiger partial charge in [0.15, 0.2) is 0 Å². The van der Waals surface area contributed by atoms with Crippen molar-refractivity contribution < 1.29 is 23.8 Å². The van der Waals surface area contributed by atoms with Crippen LogP contribution in [0.1, 0.15) is 94.3 Å². The van der Waals surface area contributed by atoms with Crippen molar-refractivity contribution in [1.29, 1.82) is 0 Å². The Morgan fingerprint density at radius 3 is 2.18 bits per heavy atom. The highest BCUT2D eigenvalue weighted by Gasteiger charge is 2.32. The van der Waals surface area contributed by atoms with E-state index in [1.807, 2.05) is 0 Å². The van der Waals surface area contributed by atoms with E-state index in [1.54, 1.807) is 24.3 Å². The van der Waals surface area contributed by atoms with Gasteiger partial charge in [-0.3, -0.25) is 0 Å². The maximum Gasteiger partial charge on any atom is 0.338 e. The third-order valence-electron chi connectivity index (χ3n) is 7.62. The van der Waals surface area contributed by atoms with Crippen molar-refractivity contribution in [2.24, 2.45) is 17.8 Å². The monoisotopic (exact) mass is 470 g/mol. The Balaban J connectivity index is 1.33. The lowest BCUT2D eigenvalue weighted by molar-refractivity contribution is -0.138. The van der Waals surface area contributed by atoms with E-state index in [0.717, 1.165) is 36.7 Å². The number of carbonyl (C=O) groups is 2. The maximum atomic E-state index is 12.6. The van der Waals surface area contributed by atoms with Crippen molar-refractivity contribution in [1.82, 2.24) is 0 Å². The second-order valence-electron chi connectivity index (χ2n) is 9.96. The van der Waals surface area contributed by atoms with Crippen LogP contribution in [-0.4, -0.2) is 31.3 Å². The lowest BCUT2D eigenvalue weighted by Gasteiger charge is -2.37. The van der Waals surface area contributed by atoms with Crippen LogP contribution in [0.2, 0.25) is 0 Å². The molecule has 0 amide bonds. The van der Waals surface area contributed by atoms with E-state index in [9.17, 15) is 9.59 Å². The molecule has 0 aliphatic heterocycles. The highest BCUT2D eigenvalue weighted by Crippen LogP contribution is 2.41. The Bertz CT molecular complexity index is 755. The predicted molar refractivity (Wildman–Crippen MR) is 134 cm³/mol. The Kier molecular flexibility index (Phi) is 11.0. The second kappa shape index (κ2) is 14.2. The Morgan fingerprint density at radius 2 is 1.56 bits per heavy atom. The summed E-state index contributed by atoms with van der Waals surface area (Å²) in [7, 11) is 0. The molecule has 1 aromatic rings. The summed E-state index contributed by atoms with van der Waals surface area (Å²) in [6.07, 6.45) is 16.7. The summed E-state index contributed by atoms with van der Waals surface area (Å²) in [5, 5.41) is 0. The Morgan fingerprint density at radius 1 is 0.912 bits per heavy atom. The molecule has 0 unspecified atom stereocenters. The average molecular weight is 471 g/mol. The van der Waals surface area contributed by atoms with Crippen LogP contribution in [0.15, 0.2) is 36.9 Å². The zero-order valence-corrected chi connectivity index (χ0v) is 20.8. The normalized spacial score (nSPS) is 24.7. The minimum Gasteiger partial charge on any atom is -0.490 e. The number of esters is 2. The van der Waals surface area contributed by atoms with Gasteiger partial charge in [-0.25, -0.2) is 9.59 Å². The van der Waals surface area contributed by atoms with Gasteiger partial charge in [0.25, 0.3) is 0 Å². The van der Waals surface area contributed by atoms with Gasteiger partial charge in [-0.15, -0.1) is 0 Å². The molecule has 3 rings (SSSR count). The molecule has 188 valence electrons. The first kappa shape index (κ1) is 26.3. The number of carbonyl (C=O) groups excluding carboxylic acids is 2. The van der Waals surface area contributed by atoms with Crippen LogP contribution in [0.3, 0.4) is 0 Å². The zero-order chi connectivity index (χ0) is 24.2. The summed E-state index contributed by atoms with van der Waals surface area (Å²) in [6, 6.07) is 6.92. The fourth-order valence-electron chi connectivity index (χ4n) is 5.58. The molecule has 0 bridgehead atoms. The summed E-state index contributed by atoms with van der Waals surface area (Å²) in [4.78, 5) is 23.6. The molecule has 0 saturated heterocycles. The fourth-order valence-corrected chi connectivity index (χ4v) is 5.58. The number of unbranched alkanes of at least 4 members (excludes halogenated alkanes) is 2. The third kappa shape index (κ3) is 8.48. The lowest BCUT2D eigenvalue weighted by atomic mass is 9.70. The third-order valence-corrected chi connectivity index (χ3v) is 7.62. The molecule has 5 heteroatoms. The first-order valence-corrected chi connectivity index (χ1v) is 13.3. The summed E-state index contributed by atoms with van der Waals surface area (Å²) >= 11 is 0. The molecule has 34 heavy (non-hydrogen) atoms. The molecule has 0 radical (unpaired) electrons. The number of rotatable bonds is 12. The minimum absolute atomic E-state index is 0.0320. The van der Waals surface area contributed by atoms with Crippen LogP contribution in [0.25, 0.3) is 0 Å². The quantitative estimate of drug-likeness (QED) is 0.189. The minimum atomic E-state index is -0.471. The molecule has 0 spiro atoms. The van der Waals surface area contributed by atoms with Crippen molar-refractivity contribution in [3.8, 4) is 5.75 Å². The van der Waals surface area contributed by atoms with Gasteiger partial charge in [-0.2, -0.15) is 0 Å². The fraction of sp³-hybridized carbons (Fsp3) is 0.655. The Labute approximate surface area is 205 Å².